The van der Waals surface area contributed by atoms with Crippen LogP contribution in [0.3, 0.4) is 0 Å². The Morgan fingerprint density at radius 2 is 2.00 bits per heavy atom. The smallest absolute Gasteiger partial charge is 0.137 e. The van der Waals surface area contributed by atoms with Crippen molar-refractivity contribution in [2.75, 3.05) is 7.11 Å². The Kier molecular flexibility index (Phi) is 5.85. The van der Waals surface area contributed by atoms with Gasteiger partial charge in [0.05, 0.1) is 11.6 Å². The van der Waals surface area contributed by atoms with Gasteiger partial charge in [0.1, 0.15) is 5.75 Å². The Morgan fingerprint density at radius 3 is 2.56 bits per heavy atom. The maximum absolute atomic E-state index is 5.39. The van der Waals surface area contributed by atoms with Crippen LogP contribution in [0.1, 0.15) is 32.3 Å². The molecule has 0 spiro atoms. The van der Waals surface area contributed by atoms with Gasteiger partial charge in [-0.3, -0.25) is 0 Å². The molecule has 1 aromatic rings. The predicted molar refractivity (Wildman–Crippen MR) is 71.9 cm³/mol. The second kappa shape index (κ2) is 6.92. The van der Waals surface area contributed by atoms with E-state index in [-0.39, 0.29) is 0 Å². The van der Waals surface area contributed by atoms with Gasteiger partial charge in [-0.1, -0.05) is 26.0 Å². The van der Waals surface area contributed by atoms with E-state index in [0.29, 0.717) is 6.04 Å². The third-order valence-corrected chi connectivity index (χ3v) is 3.44. The van der Waals surface area contributed by atoms with Gasteiger partial charge in [-0.25, -0.2) is 0 Å². The first-order valence-electron chi connectivity index (χ1n) is 5.77. The number of hydrogen-bond donors (Lipinski definition) is 1. The van der Waals surface area contributed by atoms with E-state index >= 15 is 0 Å². The topological polar surface area (TPSA) is 21.3 Å². The van der Waals surface area contributed by atoms with Gasteiger partial charge in [-0.05, 0) is 34.8 Å². The third-order valence-electron chi connectivity index (χ3n) is 2.82. The zero-order chi connectivity index (χ0) is 12.0. The normalized spacial score (nSPS) is 10.8. The lowest BCUT2D eigenvalue weighted by atomic mass is 10.1. The highest BCUT2D eigenvalue weighted by molar-refractivity contribution is 9.10. The first-order chi connectivity index (χ1) is 7.72. The molecule has 0 fully saturated rings. The minimum absolute atomic E-state index is 0.587. The lowest BCUT2D eigenvalue weighted by Gasteiger charge is -2.16. The minimum atomic E-state index is 0.587. The molecule has 0 saturated carbocycles. The van der Waals surface area contributed by atoms with Crippen LogP contribution in [0.15, 0.2) is 22.7 Å². The molecule has 0 aliphatic rings. The third kappa shape index (κ3) is 3.49. The standard InChI is InChI=1S/C13H20BrNO/c1-4-11(5-2)15-9-10-7-6-8-12(14)13(10)16-3/h6-8,11,15H,4-5,9H2,1-3H3. The van der Waals surface area contributed by atoms with Gasteiger partial charge in [0.15, 0.2) is 0 Å². The van der Waals surface area contributed by atoms with Gasteiger partial charge < -0.3 is 10.1 Å². The molecule has 1 rings (SSSR count). The first kappa shape index (κ1) is 13.5. The number of benzene rings is 1. The highest BCUT2D eigenvalue weighted by Crippen LogP contribution is 2.28. The van der Waals surface area contributed by atoms with Crippen molar-refractivity contribution in [3.05, 3.63) is 28.2 Å². The monoisotopic (exact) mass is 285 g/mol. The number of rotatable bonds is 6. The summed E-state index contributed by atoms with van der Waals surface area (Å²) in [6.07, 6.45) is 2.32. The Morgan fingerprint density at radius 1 is 1.31 bits per heavy atom. The molecule has 3 heteroatoms. The summed E-state index contributed by atoms with van der Waals surface area (Å²) in [6.45, 7) is 5.27. The van der Waals surface area contributed by atoms with Crippen LogP contribution in [0.2, 0.25) is 0 Å². The summed E-state index contributed by atoms with van der Waals surface area (Å²) in [5.74, 6) is 0.931. The van der Waals surface area contributed by atoms with Crippen LogP contribution in [0.5, 0.6) is 5.75 Å². The molecule has 90 valence electrons. The van der Waals surface area contributed by atoms with E-state index in [9.17, 15) is 0 Å². The number of ether oxygens (including phenoxy) is 1. The molecule has 2 nitrogen and oxygen atoms in total. The molecular formula is C13H20BrNO. The molecular weight excluding hydrogens is 266 g/mol. The summed E-state index contributed by atoms with van der Waals surface area (Å²) < 4.78 is 6.40. The fraction of sp³-hybridized carbons (Fsp3) is 0.538. The molecule has 1 aromatic carbocycles. The Hall–Kier alpha value is -0.540. The molecule has 0 aliphatic carbocycles. The van der Waals surface area contributed by atoms with Crippen LogP contribution in [0, 0.1) is 0 Å². The summed E-state index contributed by atoms with van der Waals surface area (Å²) in [5.41, 5.74) is 1.20. The molecule has 0 bridgehead atoms. The molecule has 0 aromatic heterocycles. The Labute approximate surface area is 107 Å². The molecule has 0 heterocycles. The van der Waals surface area contributed by atoms with Crippen LogP contribution < -0.4 is 10.1 Å². The van der Waals surface area contributed by atoms with Crippen LogP contribution in [0.25, 0.3) is 0 Å². The fourth-order valence-corrected chi connectivity index (χ4v) is 2.32. The zero-order valence-electron chi connectivity index (χ0n) is 10.2. The van der Waals surface area contributed by atoms with Crippen LogP contribution in [0.4, 0.5) is 0 Å². The van der Waals surface area contributed by atoms with E-state index < -0.39 is 0 Å². The second-order valence-electron chi connectivity index (χ2n) is 3.83. The van der Waals surface area contributed by atoms with Crippen molar-refractivity contribution in [3.8, 4) is 5.75 Å². The predicted octanol–water partition coefficient (Wildman–Crippen LogP) is 3.74. The van der Waals surface area contributed by atoms with Crippen molar-refractivity contribution < 1.29 is 4.74 Å². The average Bonchev–Trinajstić information content (AvgIpc) is 2.30. The van der Waals surface area contributed by atoms with Gasteiger partial charge in [0, 0.05) is 18.2 Å². The van der Waals surface area contributed by atoms with Crippen molar-refractivity contribution in [3.63, 3.8) is 0 Å². The average molecular weight is 286 g/mol. The minimum Gasteiger partial charge on any atom is -0.495 e. The number of methoxy groups -OCH3 is 1. The van der Waals surface area contributed by atoms with Gasteiger partial charge in [0.25, 0.3) is 0 Å². The molecule has 1 N–H and O–H groups in total. The van der Waals surface area contributed by atoms with Crippen LogP contribution in [-0.2, 0) is 6.54 Å². The number of halogens is 1. The highest BCUT2D eigenvalue weighted by atomic mass is 79.9. The molecule has 16 heavy (non-hydrogen) atoms. The van der Waals surface area contributed by atoms with Crippen molar-refractivity contribution in [2.45, 2.75) is 39.3 Å². The molecule has 0 atom stereocenters. The summed E-state index contributed by atoms with van der Waals surface area (Å²) in [5, 5.41) is 3.54. The summed E-state index contributed by atoms with van der Waals surface area (Å²) in [4.78, 5) is 0. The van der Waals surface area contributed by atoms with E-state index in [0.717, 1.165) is 29.6 Å². The number of para-hydroxylation sites is 1. The quantitative estimate of drug-likeness (QED) is 0.860. The van der Waals surface area contributed by atoms with Gasteiger partial charge in [-0.15, -0.1) is 0 Å². The largest absolute Gasteiger partial charge is 0.495 e. The van der Waals surface area contributed by atoms with E-state index in [1.54, 1.807) is 7.11 Å². The molecule has 0 amide bonds. The Balaban J connectivity index is 2.69. The molecule has 0 radical (unpaired) electrons. The number of nitrogens with one attached hydrogen (secondary N) is 1. The summed E-state index contributed by atoms with van der Waals surface area (Å²) in [7, 11) is 1.71. The number of hydrogen-bond acceptors (Lipinski definition) is 2. The van der Waals surface area contributed by atoms with Gasteiger partial charge in [-0.2, -0.15) is 0 Å². The molecule has 0 saturated heterocycles. The van der Waals surface area contributed by atoms with Crippen molar-refractivity contribution in [1.82, 2.24) is 5.32 Å². The summed E-state index contributed by atoms with van der Waals surface area (Å²) in [6, 6.07) is 6.72. The first-order valence-corrected chi connectivity index (χ1v) is 6.56. The van der Waals surface area contributed by atoms with E-state index in [1.807, 2.05) is 12.1 Å². The second-order valence-corrected chi connectivity index (χ2v) is 4.68. The summed E-state index contributed by atoms with van der Waals surface area (Å²) >= 11 is 3.50. The maximum atomic E-state index is 5.39. The Bertz CT molecular complexity index is 324. The van der Waals surface area contributed by atoms with Crippen molar-refractivity contribution in [1.29, 1.82) is 0 Å². The van der Waals surface area contributed by atoms with Crippen LogP contribution in [-0.4, -0.2) is 13.2 Å². The van der Waals surface area contributed by atoms with Crippen LogP contribution >= 0.6 is 15.9 Å². The van der Waals surface area contributed by atoms with Gasteiger partial charge in [0.2, 0.25) is 0 Å². The molecule has 0 aliphatic heterocycles. The fourth-order valence-electron chi connectivity index (χ4n) is 1.75. The molecule has 0 unspecified atom stereocenters. The van der Waals surface area contributed by atoms with Crippen molar-refractivity contribution >= 4 is 15.9 Å². The lowest BCUT2D eigenvalue weighted by molar-refractivity contribution is 0.400. The maximum Gasteiger partial charge on any atom is 0.137 e. The highest BCUT2D eigenvalue weighted by Gasteiger charge is 2.08. The lowest BCUT2D eigenvalue weighted by Crippen LogP contribution is -2.27. The van der Waals surface area contributed by atoms with Crippen molar-refractivity contribution in [2.24, 2.45) is 0 Å². The van der Waals surface area contributed by atoms with E-state index in [4.69, 9.17) is 4.74 Å². The van der Waals surface area contributed by atoms with E-state index in [2.05, 4.69) is 41.2 Å². The van der Waals surface area contributed by atoms with E-state index in [1.165, 1.54) is 5.56 Å². The zero-order valence-corrected chi connectivity index (χ0v) is 11.8. The van der Waals surface area contributed by atoms with Gasteiger partial charge >= 0.3 is 0 Å². The SMILES string of the molecule is CCC(CC)NCc1cccc(Br)c1OC.